The van der Waals surface area contributed by atoms with Crippen molar-refractivity contribution in [2.75, 3.05) is 13.7 Å². The standard InChI is InChI=1S/C29H29NO3/c1-3-33-27-17-11-22(12-18-27)19-29(31)30(20-23-13-15-26(32-2)16-14-23)21-25-9-6-8-24-7-4-5-10-28(24)25/h4-18H,3,19-21H2,1-2H3. The van der Waals surface area contributed by atoms with Crippen molar-refractivity contribution < 1.29 is 14.3 Å². The highest BCUT2D eigenvalue weighted by molar-refractivity contribution is 5.86. The first-order valence-electron chi connectivity index (χ1n) is 11.3. The molecular weight excluding hydrogens is 410 g/mol. The first-order chi connectivity index (χ1) is 16.2. The molecule has 4 nitrogen and oxygen atoms in total. The van der Waals surface area contributed by atoms with E-state index in [-0.39, 0.29) is 5.91 Å². The quantitative estimate of drug-likeness (QED) is 0.320. The topological polar surface area (TPSA) is 38.8 Å². The van der Waals surface area contributed by atoms with Crippen LogP contribution in [0.2, 0.25) is 0 Å². The summed E-state index contributed by atoms with van der Waals surface area (Å²) >= 11 is 0. The summed E-state index contributed by atoms with van der Waals surface area (Å²) in [6.07, 6.45) is 0.341. The molecular formula is C29H29NO3. The van der Waals surface area contributed by atoms with Crippen LogP contribution in [0.25, 0.3) is 10.8 Å². The molecule has 33 heavy (non-hydrogen) atoms. The van der Waals surface area contributed by atoms with Gasteiger partial charge in [0.25, 0.3) is 0 Å². The van der Waals surface area contributed by atoms with Gasteiger partial charge >= 0.3 is 0 Å². The molecule has 0 fully saturated rings. The Morgan fingerprint density at radius 2 is 1.42 bits per heavy atom. The van der Waals surface area contributed by atoms with Gasteiger partial charge in [0.15, 0.2) is 0 Å². The molecule has 4 aromatic rings. The molecule has 0 N–H and O–H groups in total. The molecule has 0 radical (unpaired) electrons. The van der Waals surface area contributed by atoms with Gasteiger partial charge in [-0.25, -0.2) is 0 Å². The van der Waals surface area contributed by atoms with Gasteiger partial charge in [-0.3, -0.25) is 4.79 Å². The van der Waals surface area contributed by atoms with Crippen LogP contribution in [0.3, 0.4) is 0 Å². The number of fused-ring (bicyclic) bond motifs is 1. The van der Waals surface area contributed by atoms with Gasteiger partial charge in [-0.05, 0) is 58.7 Å². The Kier molecular flexibility index (Phi) is 7.26. The fourth-order valence-corrected chi connectivity index (χ4v) is 3.98. The SMILES string of the molecule is CCOc1ccc(CC(=O)N(Cc2ccc(OC)cc2)Cc2cccc3ccccc23)cc1. The number of rotatable bonds is 9. The molecule has 4 heteroatoms. The van der Waals surface area contributed by atoms with Crippen LogP contribution in [0.5, 0.6) is 11.5 Å². The molecule has 0 spiro atoms. The van der Waals surface area contributed by atoms with Crippen molar-refractivity contribution in [3.8, 4) is 11.5 Å². The van der Waals surface area contributed by atoms with Crippen molar-refractivity contribution in [2.45, 2.75) is 26.4 Å². The van der Waals surface area contributed by atoms with E-state index in [0.29, 0.717) is 26.1 Å². The van der Waals surface area contributed by atoms with Crippen LogP contribution >= 0.6 is 0 Å². The van der Waals surface area contributed by atoms with Gasteiger partial charge < -0.3 is 14.4 Å². The summed E-state index contributed by atoms with van der Waals surface area (Å²) in [4.78, 5) is 15.4. The van der Waals surface area contributed by atoms with Crippen molar-refractivity contribution >= 4 is 16.7 Å². The molecule has 4 aromatic carbocycles. The molecule has 0 aliphatic carbocycles. The Morgan fingerprint density at radius 3 is 2.15 bits per heavy atom. The van der Waals surface area contributed by atoms with Gasteiger partial charge in [-0.2, -0.15) is 0 Å². The fraction of sp³-hybridized carbons (Fsp3) is 0.207. The first-order valence-corrected chi connectivity index (χ1v) is 11.3. The minimum atomic E-state index is 0.0860. The zero-order chi connectivity index (χ0) is 23.0. The second kappa shape index (κ2) is 10.7. The lowest BCUT2D eigenvalue weighted by atomic mass is 10.0. The second-order valence-corrected chi connectivity index (χ2v) is 7.99. The summed E-state index contributed by atoms with van der Waals surface area (Å²) in [6.45, 7) is 3.66. The minimum absolute atomic E-state index is 0.0860. The predicted octanol–water partition coefficient (Wildman–Crippen LogP) is 6.02. The van der Waals surface area contributed by atoms with Gasteiger partial charge in [0.1, 0.15) is 11.5 Å². The third kappa shape index (κ3) is 5.72. The lowest BCUT2D eigenvalue weighted by molar-refractivity contribution is -0.131. The number of benzene rings is 4. The van der Waals surface area contributed by atoms with Crippen LogP contribution in [0.4, 0.5) is 0 Å². The number of carbonyl (C=O) groups is 1. The van der Waals surface area contributed by atoms with Crippen LogP contribution in [-0.2, 0) is 24.3 Å². The van der Waals surface area contributed by atoms with Crippen LogP contribution in [0, 0.1) is 0 Å². The molecule has 0 saturated heterocycles. The Bertz CT molecular complexity index is 1190. The van der Waals surface area contributed by atoms with Crippen LogP contribution in [0.1, 0.15) is 23.6 Å². The van der Waals surface area contributed by atoms with Crippen molar-refractivity contribution in [3.05, 3.63) is 108 Å². The van der Waals surface area contributed by atoms with Gasteiger partial charge in [-0.1, -0.05) is 66.7 Å². The molecule has 0 bridgehead atoms. The van der Waals surface area contributed by atoms with Crippen molar-refractivity contribution in [1.82, 2.24) is 4.90 Å². The number of hydrogen-bond donors (Lipinski definition) is 0. The van der Waals surface area contributed by atoms with E-state index in [1.807, 2.05) is 72.5 Å². The highest BCUT2D eigenvalue weighted by Gasteiger charge is 2.17. The van der Waals surface area contributed by atoms with Crippen molar-refractivity contribution in [1.29, 1.82) is 0 Å². The maximum atomic E-state index is 13.5. The maximum Gasteiger partial charge on any atom is 0.227 e. The highest BCUT2D eigenvalue weighted by Crippen LogP contribution is 2.22. The molecule has 0 aliphatic heterocycles. The summed E-state index contributed by atoms with van der Waals surface area (Å²) < 4.78 is 10.8. The molecule has 0 aromatic heterocycles. The molecule has 0 atom stereocenters. The lowest BCUT2D eigenvalue weighted by Gasteiger charge is -2.24. The molecule has 4 rings (SSSR count). The Balaban J connectivity index is 1.58. The lowest BCUT2D eigenvalue weighted by Crippen LogP contribution is -2.31. The van der Waals surface area contributed by atoms with Crippen molar-refractivity contribution in [3.63, 3.8) is 0 Å². The minimum Gasteiger partial charge on any atom is -0.497 e. The normalized spacial score (nSPS) is 10.7. The predicted molar refractivity (Wildman–Crippen MR) is 133 cm³/mol. The van der Waals surface area contributed by atoms with E-state index < -0.39 is 0 Å². The van der Waals surface area contributed by atoms with Crippen LogP contribution < -0.4 is 9.47 Å². The average molecular weight is 440 g/mol. The summed E-state index contributed by atoms with van der Waals surface area (Å²) in [5.41, 5.74) is 3.18. The third-order valence-electron chi connectivity index (χ3n) is 5.72. The van der Waals surface area contributed by atoms with E-state index in [9.17, 15) is 4.79 Å². The fourth-order valence-electron chi connectivity index (χ4n) is 3.98. The third-order valence-corrected chi connectivity index (χ3v) is 5.72. The zero-order valence-electron chi connectivity index (χ0n) is 19.2. The number of ether oxygens (including phenoxy) is 2. The average Bonchev–Trinajstić information content (AvgIpc) is 2.85. The summed E-state index contributed by atoms with van der Waals surface area (Å²) in [5.74, 6) is 1.71. The molecule has 0 unspecified atom stereocenters. The van der Waals surface area contributed by atoms with Gasteiger partial charge in [0.05, 0.1) is 20.1 Å². The van der Waals surface area contributed by atoms with E-state index in [2.05, 4.69) is 30.3 Å². The number of carbonyl (C=O) groups excluding carboxylic acids is 1. The Labute approximate surface area is 195 Å². The number of hydrogen-bond acceptors (Lipinski definition) is 3. The smallest absolute Gasteiger partial charge is 0.227 e. The number of nitrogens with zero attached hydrogens (tertiary/aromatic N) is 1. The molecule has 1 amide bonds. The molecule has 0 aliphatic rings. The van der Waals surface area contributed by atoms with E-state index in [0.717, 1.165) is 28.2 Å². The first kappa shape index (κ1) is 22.4. The number of amides is 1. The van der Waals surface area contributed by atoms with E-state index in [4.69, 9.17) is 9.47 Å². The van der Waals surface area contributed by atoms with Crippen LogP contribution in [0.15, 0.2) is 91.0 Å². The summed E-state index contributed by atoms with van der Waals surface area (Å²) in [6, 6.07) is 30.2. The van der Waals surface area contributed by atoms with E-state index in [1.54, 1.807) is 7.11 Å². The van der Waals surface area contributed by atoms with Gasteiger partial charge in [0, 0.05) is 13.1 Å². The highest BCUT2D eigenvalue weighted by atomic mass is 16.5. The Hall–Kier alpha value is -3.79. The van der Waals surface area contributed by atoms with Gasteiger partial charge in [0.2, 0.25) is 5.91 Å². The van der Waals surface area contributed by atoms with E-state index in [1.165, 1.54) is 10.8 Å². The molecule has 0 saturated carbocycles. The molecule has 0 heterocycles. The van der Waals surface area contributed by atoms with Crippen LogP contribution in [-0.4, -0.2) is 24.5 Å². The van der Waals surface area contributed by atoms with E-state index >= 15 is 0 Å². The molecule has 168 valence electrons. The summed E-state index contributed by atoms with van der Waals surface area (Å²) in [5, 5.41) is 2.35. The second-order valence-electron chi connectivity index (χ2n) is 7.99. The maximum absolute atomic E-state index is 13.5. The monoisotopic (exact) mass is 439 g/mol. The zero-order valence-corrected chi connectivity index (χ0v) is 19.2. The van der Waals surface area contributed by atoms with Gasteiger partial charge in [-0.15, -0.1) is 0 Å². The largest absolute Gasteiger partial charge is 0.497 e. The Morgan fingerprint density at radius 1 is 0.758 bits per heavy atom. The number of methoxy groups -OCH3 is 1. The van der Waals surface area contributed by atoms with Crippen molar-refractivity contribution in [2.24, 2.45) is 0 Å². The summed E-state index contributed by atoms with van der Waals surface area (Å²) in [7, 11) is 1.65.